The first-order chi connectivity index (χ1) is 11.8. The second kappa shape index (κ2) is 6.70. The molecule has 0 atom stereocenters. The Labute approximate surface area is 149 Å². The number of hydrogen-bond acceptors (Lipinski definition) is 3. The zero-order chi connectivity index (χ0) is 18.2. The zero-order valence-electron chi connectivity index (χ0n) is 15.3. The topological polar surface area (TPSA) is 69.6 Å². The van der Waals surface area contributed by atoms with Gasteiger partial charge >= 0.3 is 0 Å². The molecule has 0 spiro atoms. The predicted octanol–water partition coefficient (Wildman–Crippen LogP) is 3.28. The van der Waals surface area contributed by atoms with Crippen molar-refractivity contribution in [2.75, 3.05) is 18.4 Å². The minimum atomic E-state index is -0.110. The Morgan fingerprint density at radius 2 is 1.72 bits per heavy atom. The van der Waals surface area contributed by atoms with E-state index < -0.39 is 0 Å². The molecule has 5 nitrogen and oxygen atoms in total. The van der Waals surface area contributed by atoms with Crippen LogP contribution in [0.5, 0.6) is 5.75 Å². The maximum atomic E-state index is 12.6. The SMILES string of the molecule is CC(C)(C)c1ccc(O)c(NC(=O)C2CCN(C(=O)C3CC3)CC2)c1. The van der Waals surface area contributed by atoms with Gasteiger partial charge in [0.05, 0.1) is 5.69 Å². The van der Waals surface area contributed by atoms with Crippen molar-refractivity contribution >= 4 is 17.5 Å². The lowest BCUT2D eigenvalue weighted by Gasteiger charge is -2.31. The molecule has 2 amide bonds. The van der Waals surface area contributed by atoms with Gasteiger partial charge in [0.15, 0.2) is 0 Å². The number of amides is 2. The average molecular weight is 344 g/mol. The first-order valence-electron chi connectivity index (χ1n) is 9.19. The third kappa shape index (κ3) is 4.14. The molecule has 1 heterocycles. The number of rotatable bonds is 3. The first kappa shape index (κ1) is 17.8. The van der Waals surface area contributed by atoms with Crippen LogP contribution in [0.4, 0.5) is 5.69 Å². The van der Waals surface area contributed by atoms with Gasteiger partial charge in [0.2, 0.25) is 11.8 Å². The lowest BCUT2D eigenvalue weighted by molar-refractivity contribution is -0.135. The Bertz CT molecular complexity index is 666. The van der Waals surface area contributed by atoms with E-state index in [1.165, 1.54) is 0 Å². The molecule has 2 N–H and O–H groups in total. The lowest BCUT2D eigenvalue weighted by atomic mass is 9.86. The summed E-state index contributed by atoms with van der Waals surface area (Å²) in [7, 11) is 0. The zero-order valence-corrected chi connectivity index (χ0v) is 15.3. The summed E-state index contributed by atoms with van der Waals surface area (Å²) in [4.78, 5) is 26.6. The van der Waals surface area contributed by atoms with E-state index in [1.807, 2.05) is 17.0 Å². The summed E-state index contributed by atoms with van der Waals surface area (Å²) in [5.74, 6) is 0.403. The number of phenols is 1. The Hall–Kier alpha value is -2.04. The smallest absolute Gasteiger partial charge is 0.227 e. The number of nitrogens with one attached hydrogen (secondary N) is 1. The molecule has 2 aliphatic rings. The van der Waals surface area contributed by atoms with Crippen molar-refractivity contribution in [2.24, 2.45) is 11.8 Å². The molecule has 0 bridgehead atoms. The van der Waals surface area contributed by atoms with Crippen LogP contribution in [-0.4, -0.2) is 34.9 Å². The van der Waals surface area contributed by atoms with Crippen molar-refractivity contribution < 1.29 is 14.7 Å². The van der Waals surface area contributed by atoms with E-state index in [0.29, 0.717) is 31.6 Å². The third-order valence-electron chi connectivity index (χ3n) is 5.22. The number of carbonyl (C=O) groups is 2. The molecule has 1 saturated heterocycles. The van der Waals surface area contributed by atoms with E-state index in [9.17, 15) is 14.7 Å². The molecule has 2 fully saturated rings. The first-order valence-corrected chi connectivity index (χ1v) is 9.19. The summed E-state index contributed by atoms with van der Waals surface area (Å²) in [6, 6.07) is 5.36. The van der Waals surface area contributed by atoms with Gasteiger partial charge in [-0.2, -0.15) is 0 Å². The van der Waals surface area contributed by atoms with E-state index in [0.717, 1.165) is 18.4 Å². The van der Waals surface area contributed by atoms with Crippen LogP contribution in [0.1, 0.15) is 52.0 Å². The van der Waals surface area contributed by atoms with E-state index in [2.05, 4.69) is 26.1 Å². The van der Waals surface area contributed by atoms with Crippen LogP contribution in [0, 0.1) is 11.8 Å². The van der Waals surface area contributed by atoms with E-state index >= 15 is 0 Å². The number of phenolic OH excluding ortho intramolecular Hbond substituents is 1. The highest BCUT2D eigenvalue weighted by atomic mass is 16.3. The molecule has 25 heavy (non-hydrogen) atoms. The van der Waals surface area contributed by atoms with Crippen LogP contribution >= 0.6 is 0 Å². The molecule has 5 heteroatoms. The van der Waals surface area contributed by atoms with E-state index in [1.54, 1.807) is 6.07 Å². The Kier molecular flexibility index (Phi) is 4.76. The van der Waals surface area contributed by atoms with Gasteiger partial charge in [0, 0.05) is 24.9 Å². The maximum absolute atomic E-state index is 12.6. The molecular weight excluding hydrogens is 316 g/mol. The molecule has 1 saturated carbocycles. The van der Waals surface area contributed by atoms with E-state index in [4.69, 9.17) is 0 Å². The quantitative estimate of drug-likeness (QED) is 0.827. The molecule has 0 radical (unpaired) electrons. The van der Waals surface area contributed by atoms with Crippen LogP contribution < -0.4 is 5.32 Å². The van der Waals surface area contributed by atoms with Crippen molar-refractivity contribution in [3.05, 3.63) is 23.8 Å². The summed E-state index contributed by atoms with van der Waals surface area (Å²) < 4.78 is 0. The molecule has 1 aliphatic heterocycles. The van der Waals surface area contributed by atoms with Gasteiger partial charge in [-0.1, -0.05) is 26.8 Å². The standard InChI is InChI=1S/C20H28N2O3/c1-20(2,3)15-6-7-17(23)16(12-15)21-18(24)13-8-10-22(11-9-13)19(25)14-4-5-14/h6-7,12-14,23H,4-5,8-11H2,1-3H3,(H,21,24). The van der Waals surface area contributed by atoms with E-state index in [-0.39, 0.29) is 34.8 Å². The van der Waals surface area contributed by atoms with Gasteiger partial charge < -0.3 is 15.3 Å². The summed E-state index contributed by atoms with van der Waals surface area (Å²) in [6.45, 7) is 7.59. The molecule has 0 aromatic heterocycles. The molecule has 1 aromatic carbocycles. The average Bonchev–Trinajstić information content (AvgIpc) is 3.40. The second-order valence-corrected chi connectivity index (χ2v) is 8.35. The molecule has 0 unspecified atom stereocenters. The highest BCUT2D eigenvalue weighted by molar-refractivity contribution is 5.94. The van der Waals surface area contributed by atoms with Gasteiger partial charge in [-0.15, -0.1) is 0 Å². The number of benzene rings is 1. The minimum absolute atomic E-state index is 0.0539. The van der Waals surface area contributed by atoms with Crippen molar-refractivity contribution in [3.8, 4) is 5.75 Å². The highest BCUT2D eigenvalue weighted by Gasteiger charge is 2.36. The molecule has 1 aliphatic carbocycles. The molecule has 1 aromatic rings. The predicted molar refractivity (Wildman–Crippen MR) is 97.5 cm³/mol. The number of piperidine rings is 1. The summed E-state index contributed by atoms with van der Waals surface area (Å²) in [5, 5.41) is 12.9. The number of hydrogen-bond donors (Lipinski definition) is 2. The lowest BCUT2D eigenvalue weighted by Crippen LogP contribution is -2.42. The highest BCUT2D eigenvalue weighted by Crippen LogP contribution is 2.34. The Morgan fingerprint density at radius 1 is 1.08 bits per heavy atom. The van der Waals surface area contributed by atoms with Gasteiger partial charge in [-0.3, -0.25) is 9.59 Å². The van der Waals surface area contributed by atoms with Gasteiger partial charge in [0.25, 0.3) is 0 Å². The Balaban J connectivity index is 1.60. The van der Waals surface area contributed by atoms with Gasteiger partial charge in [-0.25, -0.2) is 0 Å². The van der Waals surface area contributed by atoms with Crippen LogP contribution in [0.25, 0.3) is 0 Å². The maximum Gasteiger partial charge on any atom is 0.227 e. The fourth-order valence-corrected chi connectivity index (χ4v) is 3.29. The van der Waals surface area contributed by atoms with Crippen molar-refractivity contribution in [3.63, 3.8) is 0 Å². The van der Waals surface area contributed by atoms with Crippen LogP contribution in [0.15, 0.2) is 18.2 Å². The number of aromatic hydroxyl groups is 1. The summed E-state index contributed by atoms with van der Waals surface area (Å²) in [6.07, 6.45) is 3.40. The van der Waals surface area contributed by atoms with Crippen molar-refractivity contribution in [1.29, 1.82) is 0 Å². The number of likely N-dealkylation sites (tertiary alicyclic amines) is 1. The van der Waals surface area contributed by atoms with Gasteiger partial charge in [-0.05, 0) is 48.8 Å². The number of nitrogens with zero attached hydrogens (tertiary/aromatic N) is 1. The fourth-order valence-electron chi connectivity index (χ4n) is 3.29. The Morgan fingerprint density at radius 3 is 2.28 bits per heavy atom. The molecule has 3 rings (SSSR count). The number of anilines is 1. The van der Waals surface area contributed by atoms with Crippen molar-refractivity contribution in [1.82, 2.24) is 4.90 Å². The fraction of sp³-hybridized carbons (Fsp3) is 0.600. The number of carbonyl (C=O) groups excluding carboxylic acids is 2. The molecular formula is C20H28N2O3. The largest absolute Gasteiger partial charge is 0.506 e. The molecule has 136 valence electrons. The van der Waals surface area contributed by atoms with Gasteiger partial charge in [0.1, 0.15) is 5.75 Å². The summed E-state index contributed by atoms with van der Waals surface area (Å²) >= 11 is 0. The van der Waals surface area contributed by atoms with Crippen LogP contribution in [0.2, 0.25) is 0 Å². The summed E-state index contributed by atoms with van der Waals surface area (Å²) in [5.41, 5.74) is 1.47. The minimum Gasteiger partial charge on any atom is -0.506 e. The normalized spacial score (nSPS) is 18.9. The monoisotopic (exact) mass is 344 g/mol. The third-order valence-corrected chi connectivity index (χ3v) is 5.22. The van der Waals surface area contributed by atoms with Crippen LogP contribution in [0.3, 0.4) is 0 Å². The second-order valence-electron chi connectivity index (χ2n) is 8.35. The van der Waals surface area contributed by atoms with Crippen molar-refractivity contribution in [2.45, 2.75) is 51.9 Å². The van der Waals surface area contributed by atoms with Crippen LogP contribution in [-0.2, 0) is 15.0 Å².